The number of carbonyl (C=O) groups is 2. The Morgan fingerprint density at radius 3 is 2.37 bits per heavy atom. The number of carboxylic acids is 1. The van der Waals surface area contributed by atoms with E-state index in [1.807, 2.05) is 20.8 Å². The Morgan fingerprint density at radius 1 is 1.07 bits per heavy atom. The lowest BCUT2D eigenvalue weighted by molar-refractivity contribution is -0.138. The van der Waals surface area contributed by atoms with Crippen LogP contribution in [0.25, 0.3) is 0 Å². The molecular formula is C21H22O6. The summed E-state index contributed by atoms with van der Waals surface area (Å²) in [5.41, 5.74) is 1.32. The summed E-state index contributed by atoms with van der Waals surface area (Å²) in [4.78, 5) is 23.9. The van der Waals surface area contributed by atoms with Gasteiger partial charge in [-0.2, -0.15) is 0 Å². The molecule has 1 aliphatic rings. The molecule has 1 atom stereocenters. The van der Waals surface area contributed by atoms with Gasteiger partial charge in [0, 0.05) is 0 Å². The number of ether oxygens (including phenoxy) is 3. The van der Waals surface area contributed by atoms with Gasteiger partial charge in [0.25, 0.3) is 0 Å². The standard InChI is InChI=1S/C21H22O6/c1-21(2,3)27-20(24)14-6-4-13(5-7-14)10-16(19(22)23)15-8-9-17-18(11-15)26-12-25-17/h4-9,11,16H,10,12H2,1-3H3,(H,22,23). The molecule has 0 amide bonds. The summed E-state index contributed by atoms with van der Waals surface area (Å²) in [6.45, 7) is 5.56. The molecule has 6 heteroatoms. The fraction of sp³-hybridized carbons (Fsp3) is 0.333. The number of rotatable bonds is 5. The lowest BCUT2D eigenvalue weighted by Crippen LogP contribution is -2.23. The van der Waals surface area contributed by atoms with Crippen molar-refractivity contribution in [1.29, 1.82) is 0 Å². The average Bonchev–Trinajstić information content (AvgIpc) is 3.06. The Labute approximate surface area is 157 Å². The fourth-order valence-corrected chi connectivity index (χ4v) is 2.83. The first-order valence-corrected chi connectivity index (χ1v) is 8.67. The maximum absolute atomic E-state index is 12.1. The van der Waals surface area contributed by atoms with E-state index in [-0.39, 0.29) is 6.79 Å². The minimum absolute atomic E-state index is 0.142. The fourth-order valence-electron chi connectivity index (χ4n) is 2.83. The summed E-state index contributed by atoms with van der Waals surface area (Å²) in [5, 5.41) is 9.66. The van der Waals surface area contributed by atoms with E-state index >= 15 is 0 Å². The number of carbonyl (C=O) groups excluding carboxylic acids is 1. The summed E-state index contributed by atoms with van der Waals surface area (Å²) >= 11 is 0. The molecule has 27 heavy (non-hydrogen) atoms. The Morgan fingerprint density at radius 2 is 1.74 bits per heavy atom. The van der Waals surface area contributed by atoms with E-state index < -0.39 is 23.5 Å². The van der Waals surface area contributed by atoms with Crippen LogP contribution < -0.4 is 9.47 Å². The van der Waals surface area contributed by atoms with Crippen molar-refractivity contribution < 1.29 is 28.9 Å². The zero-order chi connectivity index (χ0) is 19.6. The van der Waals surface area contributed by atoms with Gasteiger partial charge in [0.05, 0.1) is 11.5 Å². The molecule has 2 aromatic rings. The lowest BCUT2D eigenvalue weighted by atomic mass is 9.91. The zero-order valence-electron chi connectivity index (χ0n) is 15.5. The molecule has 0 fully saturated rings. The average molecular weight is 370 g/mol. The molecule has 1 aliphatic heterocycles. The Hall–Kier alpha value is -3.02. The van der Waals surface area contributed by atoms with Gasteiger partial charge < -0.3 is 19.3 Å². The Bertz CT molecular complexity index is 848. The summed E-state index contributed by atoms with van der Waals surface area (Å²) in [7, 11) is 0. The molecule has 1 heterocycles. The first kappa shape index (κ1) is 18.8. The highest BCUT2D eigenvalue weighted by atomic mass is 16.7. The smallest absolute Gasteiger partial charge is 0.338 e. The molecule has 1 N–H and O–H groups in total. The van der Waals surface area contributed by atoms with E-state index in [2.05, 4.69) is 0 Å². The molecule has 0 saturated heterocycles. The van der Waals surface area contributed by atoms with Crippen molar-refractivity contribution in [1.82, 2.24) is 0 Å². The quantitative estimate of drug-likeness (QED) is 0.807. The predicted molar refractivity (Wildman–Crippen MR) is 98.3 cm³/mol. The second kappa shape index (κ2) is 7.31. The van der Waals surface area contributed by atoms with Crippen LogP contribution in [-0.2, 0) is 16.0 Å². The molecule has 0 saturated carbocycles. The minimum Gasteiger partial charge on any atom is -0.481 e. The van der Waals surface area contributed by atoms with Gasteiger partial charge in [-0.05, 0) is 62.6 Å². The highest BCUT2D eigenvalue weighted by Crippen LogP contribution is 2.35. The molecule has 3 rings (SSSR count). The van der Waals surface area contributed by atoms with Crippen molar-refractivity contribution in [3.63, 3.8) is 0 Å². The van der Waals surface area contributed by atoms with E-state index in [9.17, 15) is 14.7 Å². The summed E-state index contributed by atoms with van der Waals surface area (Å²) in [5.74, 6) is -0.889. The van der Waals surface area contributed by atoms with Gasteiger partial charge in [-0.1, -0.05) is 18.2 Å². The van der Waals surface area contributed by atoms with E-state index in [4.69, 9.17) is 14.2 Å². The first-order chi connectivity index (χ1) is 12.7. The van der Waals surface area contributed by atoms with Crippen LogP contribution in [0.1, 0.15) is 48.2 Å². The molecular weight excluding hydrogens is 348 g/mol. The molecule has 6 nitrogen and oxygen atoms in total. The van der Waals surface area contributed by atoms with Crippen molar-refractivity contribution in [2.75, 3.05) is 6.79 Å². The van der Waals surface area contributed by atoms with E-state index in [0.29, 0.717) is 29.0 Å². The van der Waals surface area contributed by atoms with Crippen LogP contribution in [0, 0.1) is 0 Å². The van der Waals surface area contributed by atoms with Gasteiger partial charge in [0.15, 0.2) is 11.5 Å². The van der Waals surface area contributed by atoms with Crippen molar-refractivity contribution in [3.05, 3.63) is 59.2 Å². The van der Waals surface area contributed by atoms with Crippen LogP contribution in [0.2, 0.25) is 0 Å². The van der Waals surface area contributed by atoms with E-state index in [1.54, 1.807) is 42.5 Å². The van der Waals surface area contributed by atoms with Crippen molar-refractivity contribution >= 4 is 11.9 Å². The molecule has 2 aromatic carbocycles. The van der Waals surface area contributed by atoms with Crippen LogP contribution in [0.4, 0.5) is 0 Å². The summed E-state index contributed by atoms with van der Waals surface area (Å²) < 4.78 is 15.9. The Balaban J connectivity index is 1.75. The van der Waals surface area contributed by atoms with Crippen LogP contribution in [-0.4, -0.2) is 29.4 Å². The number of benzene rings is 2. The largest absolute Gasteiger partial charge is 0.481 e. The van der Waals surface area contributed by atoms with Gasteiger partial charge in [0.2, 0.25) is 6.79 Å². The van der Waals surface area contributed by atoms with E-state index in [1.165, 1.54) is 0 Å². The topological polar surface area (TPSA) is 82.1 Å². The number of fused-ring (bicyclic) bond motifs is 1. The van der Waals surface area contributed by atoms with E-state index in [0.717, 1.165) is 5.56 Å². The zero-order valence-corrected chi connectivity index (χ0v) is 15.5. The highest BCUT2D eigenvalue weighted by molar-refractivity contribution is 5.89. The van der Waals surface area contributed by atoms with Crippen molar-refractivity contribution in [2.45, 2.75) is 38.7 Å². The molecule has 0 aliphatic carbocycles. The lowest BCUT2D eigenvalue weighted by Gasteiger charge is -2.19. The minimum atomic E-state index is -0.926. The Kier molecular flexibility index (Phi) is 5.08. The SMILES string of the molecule is CC(C)(C)OC(=O)c1ccc(CC(C(=O)O)c2ccc3c(c2)OCO3)cc1. The second-order valence-corrected chi connectivity index (χ2v) is 7.41. The van der Waals surface area contributed by atoms with Crippen LogP contribution in [0.15, 0.2) is 42.5 Å². The molecule has 1 unspecified atom stereocenters. The molecule has 0 spiro atoms. The number of aliphatic carboxylic acids is 1. The third kappa shape index (κ3) is 4.58. The number of carboxylic acid groups (broad SMARTS) is 1. The summed E-state index contributed by atoms with van der Waals surface area (Å²) in [6.07, 6.45) is 0.295. The van der Waals surface area contributed by atoms with Crippen LogP contribution in [0.5, 0.6) is 11.5 Å². The van der Waals surface area contributed by atoms with Gasteiger partial charge in [0.1, 0.15) is 5.60 Å². The second-order valence-electron chi connectivity index (χ2n) is 7.41. The number of esters is 1. The normalized spacial score (nSPS) is 13.9. The van der Waals surface area contributed by atoms with Gasteiger partial charge in [-0.15, -0.1) is 0 Å². The van der Waals surface area contributed by atoms with Crippen molar-refractivity contribution in [2.24, 2.45) is 0 Å². The predicted octanol–water partition coefficient (Wildman–Crippen LogP) is 3.78. The monoisotopic (exact) mass is 370 g/mol. The molecule has 0 aromatic heterocycles. The number of hydrogen-bond acceptors (Lipinski definition) is 5. The van der Waals surface area contributed by atoms with Crippen LogP contribution >= 0.6 is 0 Å². The number of hydrogen-bond donors (Lipinski definition) is 1. The summed E-state index contributed by atoms with van der Waals surface area (Å²) in [6, 6.07) is 12.0. The third-order valence-electron chi connectivity index (χ3n) is 4.13. The highest BCUT2D eigenvalue weighted by Gasteiger charge is 2.24. The van der Waals surface area contributed by atoms with Gasteiger partial charge in [-0.3, -0.25) is 4.79 Å². The maximum atomic E-state index is 12.1. The van der Waals surface area contributed by atoms with Gasteiger partial charge in [-0.25, -0.2) is 4.79 Å². The van der Waals surface area contributed by atoms with Crippen LogP contribution in [0.3, 0.4) is 0 Å². The molecule has 142 valence electrons. The van der Waals surface area contributed by atoms with Crippen molar-refractivity contribution in [3.8, 4) is 11.5 Å². The van der Waals surface area contributed by atoms with Gasteiger partial charge >= 0.3 is 11.9 Å². The first-order valence-electron chi connectivity index (χ1n) is 8.67. The third-order valence-corrected chi connectivity index (χ3v) is 4.13. The maximum Gasteiger partial charge on any atom is 0.338 e. The molecule has 0 bridgehead atoms. The molecule has 0 radical (unpaired) electrons.